The predicted molar refractivity (Wildman–Crippen MR) is 45.4 cm³/mol. The largest absolute Gasteiger partial charge is 0.481 e. The minimum atomic E-state index is -1.00. The van der Waals surface area contributed by atoms with Gasteiger partial charge in [0.05, 0.1) is 18.6 Å². The molecule has 0 aromatic carbocycles. The average molecular weight is 203 g/mol. The number of hydrogen-bond acceptors (Lipinski definition) is 4. The lowest BCUT2D eigenvalue weighted by Crippen LogP contribution is -2.35. The summed E-state index contributed by atoms with van der Waals surface area (Å²) in [4.78, 5) is 23.0. The van der Waals surface area contributed by atoms with Crippen molar-refractivity contribution < 1.29 is 24.9 Å². The number of carbonyl (C=O) groups is 2. The zero-order valence-corrected chi connectivity index (χ0v) is 7.59. The minimum Gasteiger partial charge on any atom is -0.481 e. The third-order valence-corrected chi connectivity index (χ3v) is 2.21. The van der Waals surface area contributed by atoms with Gasteiger partial charge in [0.2, 0.25) is 5.91 Å². The van der Waals surface area contributed by atoms with Crippen molar-refractivity contribution >= 4 is 11.9 Å². The fraction of sp³-hybridized carbons (Fsp3) is 0.750. The summed E-state index contributed by atoms with van der Waals surface area (Å²) in [6.45, 7) is -0.314. The van der Waals surface area contributed by atoms with Crippen LogP contribution in [0.25, 0.3) is 0 Å². The predicted octanol–water partition coefficient (Wildman–Crippen LogP) is -1.73. The lowest BCUT2D eigenvalue weighted by molar-refractivity contribution is -0.141. The first kappa shape index (κ1) is 10.9. The molecule has 6 heteroatoms. The Balaban J connectivity index is 2.48. The Labute approximate surface area is 80.8 Å². The molecular formula is C8H13NO5. The van der Waals surface area contributed by atoms with E-state index in [1.807, 2.05) is 0 Å². The first-order valence-electron chi connectivity index (χ1n) is 4.34. The van der Waals surface area contributed by atoms with Crippen LogP contribution in [0.5, 0.6) is 0 Å². The van der Waals surface area contributed by atoms with Crippen molar-refractivity contribution in [2.75, 3.05) is 19.7 Å². The van der Waals surface area contributed by atoms with Gasteiger partial charge in [0.15, 0.2) is 0 Å². The molecular weight excluding hydrogens is 190 g/mol. The van der Waals surface area contributed by atoms with Crippen molar-refractivity contribution in [1.29, 1.82) is 0 Å². The van der Waals surface area contributed by atoms with Crippen LogP contribution in [0.3, 0.4) is 0 Å². The number of aliphatic hydroxyl groups excluding tert-OH is 2. The van der Waals surface area contributed by atoms with E-state index >= 15 is 0 Å². The van der Waals surface area contributed by atoms with E-state index in [1.165, 1.54) is 4.90 Å². The molecule has 1 unspecified atom stereocenters. The van der Waals surface area contributed by atoms with Crippen molar-refractivity contribution in [3.8, 4) is 0 Å². The average Bonchev–Trinajstić information content (AvgIpc) is 2.48. The van der Waals surface area contributed by atoms with Gasteiger partial charge in [-0.3, -0.25) is 9.59 Å². The zero-order valence-electron chi connectivity index (χ0n) is 7.59. The molecule has 14 heavy (non-hydrogen) atoms. The number of rotatable bonds is 4. The van der Waals surface area contributed by atoms with E-state index in [1.54, 1.807) is 0 Å². The maximum atomic E-state index is 11.2. The Morgan fingerprint density at radius 2 is 2.29 bits per heavy atom. The molecule has 1 aliphatic rings. The van der Waals surface area contributed by atoms with Crippen molar-refractivity contribution in [3.05, 3.63) is 0 Å². The van der Waals surface area contributed by atoms with Gasteiger partial charge in [-0.15, -0.1) is 0 Å². The summed E-state index contributed by atoms with van der Waals surface area (Å²) in [5.41, 5.74) is 0. The molecule has 1 heterocycles. The van der Waals surface area contributed by atoms with E-state index < -0.39 is 24.6 Å². The number of β-amino-alcohol motifs (C(OH)–C–C–N with tert-alkyl or cyclic N) is 1. The van der Waals surface area contributed by atoms with E-state index in [2.05, 4.69) is 0 Å². The van der Waals surface area contributed by atoms with Crippen LogP contribution in [0.1, 0.15) is 6.42 Å². The van der Waals surface area contributed by atoms with Crippen LogP contribution in [0.2, 0.25) is 0 Å². The summed E-state index contributed by atoms with van der Waals surface area (Å²) in [5.74, 6) is -1.97. The number of carbonyl (C=O) groups excluding carboxylic acids is 1. The van der Waals surface area contributed by atoms with E-state index in [-0.39, 0.29) is 25.4 Å². The number of hydrogen-bond donors (Lipinski definition) is 3. The standard InChI is InChI=1S/C8H13NO5/c10-4-6(11)3-9-2-5(8(13)14)1-7(9)12/h5-6,10-11H,1-4H2,(H,13,14)/t5?,6-/m1/s1. The highest BCUT2D eigenvalue weighted by Gasteiger charge is 2.34. The summed E-state index contributed by atoms with van der Waals surface area (Å²) in [7, 11) is 0. The fourth-order valence-electron chi connectivity index (χ4n) is 1.43. The quantitative estimate of drug-likeness (QED) is 0.504. The normalized spacial score (nSPS) is 24.0. The monoisotopic (exact) mass is 203 g/mol. The summed E-state index contributed by atoms with van der Waals surface area (Å²) in [6.07, 6.45) is -1.01. The van der Waals surface area contributed by atoms with Crippen LogP contribution in [-0.2, 0) is 9.59 Å². The van der Waals surface area contributed by atoms with Crippen molar-refractivity contribution in [1.82, 2.24) is 4.90 Å². The van der Waals surface area contributed by atoms with Crippen LogP contribution in [0.4, 0.5) is 0 Å². The topological polar surface area (TPSA) is 98.1 Å². The van der Waals surface area contributed by atoms with E-state index in [0.717, 1.165) is 0 Å². The maximum absolute atomic E-state index is 11.2. The highest BCUT2D eigenvalue weighted by Crippen LogP contribution is 2.17. The van der Waals surface area contributed by atoms with Gasteiger partial charge in [0, 0.05) is 19.5 Å². The van der Waals surface area contributed by atoms with Crippen LogP contribution in [0, 0.1) is 5.92 Å². The first-order chi connectivity index (χ1) is 6.54. The molecule has 3 N–H and O–H groups in total. The third kappa shape index (κ3) is 2.43. The second-order valence-electron chi connectivity index (χ2n) is 3.37. The Kier molecular flexibility index (Phi) is 3.43. The Bertz CT molecular complexity index is 242. The number of carboxylic acids is 1. The maximum Gasteiger partial charge on any atom is 0.308 e. The lowest BCUT2D eigenvalue weighted by Gasteiger charge is -2.18. The minimum absolute atomic E-state index is 0.000880. The van der Waals surface area contributed by atoms with E-state index in [0.29, 0.717) is 0 Å². The first-order valence-corrected chi connectivity index (χ1v) is 4.34. The molecule has 0 saturated carbocycles. The van der Waals surface area contributed by atoms with E-state index in [4.69, 9.17) is 15.3 Å². The second-order valence-corrected chi connectivity index (χ2v) is 3.37. The number of amides is 1. The van der Waals surface area contributed by atoms with Crippen LogP contribution in [0.15, 0.2) is 0 Å². The number of carboxylic acid groups (broad SMARTS) is 1. The number of aliphatic carboxylic acids is 1. The van der Waals surface area contributed by atoms with E-state index in [9.17, 15) is 9.59 Å². The summed E-state index contributed by atoms with van der Waals surface area (Å²) >= 11 is 0. The Morgan fingerprint density at radius 1 is 1.64 bits per heavy atom. The number of aliphatic hydroxyl groups is 2. The zero-order chi connectivity index (χ0) is 10.7. The van der Waals surface area contributed by atoms with Crippen molar-refractivity contribution in [2.45, 2.75) is 12.5 Å². The molecule has 0 aromatic heterocycles. The summed E-state index contributed by atoms with van der Waals surface area (Å²) in [6, 6.07) is 0. The number of likely N-dealkylation sites (tertiary alicyclic amines) is 1. The Morgan fingerprint density at radius 3 is 2.71 bits per heavy atom. The van der Waals surface area contributed by atoms with Gasteiger partial charge >= 0.3 is 5.97 Å². The summed E-state index contributed by atoms with van der Waals surface area (Å²) < 4.78 is 0. The van der Waals surface area contributed by atoms with Gasteiger partial charge in [0.25, 0.3) is 0 Å². The van der Waals surface area contributed by atoms with Crippen molar-refractivity contribution in [2.24, 2.45) is 5.92 Å². The van der Waals surface area contributed by atoms with Gasteiger partial charge in [-0.25, -0.2) is 0 Å². The number of nitrogens with zero attached hydrogens (tertiary/aromatic N) is 1. The molecule has 0 aliphatic carbocycles. The smallest absolute Gasteiger partial charge is 0.308 e. The molecule has 0 radical (unpaired) electrons. The second kappa shape index (κ2) is 4.39. The highest BCUT2D eigenvalue weighted by molar-refractivity contribution is 5.86. The van der Waals surface area contributed by atoms with Crippen LogP contribution in [-0.4, -0.2) is 57.9 Å². The molecule has 6 nitrogen and oxygen atoms in total. The van der Waals surface area contributed by atoms with Gasteiger partial charge < -0.3 is 20.2 Å². The van der Waals surface area contributed by atoms with Gasteiger partial charge in [0.1, 0.15) is 0 Å². The third-order valence-electron chi connectivity index (χ3n) is 2.21. The van der Waals surface area contributed by atoms with Gasteiger partial charge in [-0.1, -0.05) is 0 Å². The molecule has 1 saturated heterocycles. The fourth-order valence-corrected chi connectivity index (χ4v) is 1.43. The SMILES string of the molecule is O=C(O)C1CC(=O)N(C[C@@H](O)CO)C1. The molecule has 1 rings (SSSR count). The molecule has 1 amide bonds. The molecule has 2 atom stereocenters. The molecule has 0 aromatic rings. The Hall–Kier alpha value is -1.14. The van der Waals surface area contributed by atoms with Gasteiger partial charge in [-0.05, 0) is 0 Å². The molecule has 0 bridgehead atoms. The highest BCUT2D eigenvalue weighted by atomic mass is 16.4. The molecule has 0 spiro atoms. The molecule has 1 fully saturated rings. The van der Waals surface area contributed by atoms with Crippen molar-refractivity contribution in [3.63, 3.8) is 0 Å². The molecule has 80 valence electrons. The van der Waals surface area contributed by atoms with Crippen LogP contribution >= 0.6 is 0 Å². The van der Waals surface area contributed by atoms with Gasteiger partial charge in [-0.2, -0.15) is 0 Å². The van der Waals surface area contributed by atoms with Crippen LogP contribution < -0.4 is 0 Å². The lowest BCUT2D eigenvalue weighted by atomic mass is 10.1. The summed E-state index contributed by atoms with van der Waals surface area (Å²) in [5, 5.41) is 26.3. The molecule has 1 aliphatic heterocycles.